The molecular weight excluding hydrogens is 232 g/mol. The third kappa shape index (κ3) is 2.94. The number of rotatable bonds is 6. The first-order chi connectivity index (χ1) is 8.65. The van der Waals surface area contributed by atoms with Gasteiger partial charge in [0.05, 0.1) is 19.3 Å². The Labute approximate surface area is 107 Å². The van der Waals surface area contributed by atoms with Gasteiger partial charge in [0.1, 0.15) is 6.10 Å². The van der Waals surface area contributed by atoms with Gasteiger partial charge in [-0.1, -0.05) is 13.0 Å². The summed E-state index contributed by atoms with van der Waals surface area (Å²) in [5.41, 5.74) is 1.04. The second kappa shape index (κ2) is 5.59. The molecule has 3 unspecified atom stereocenters. The van der Waals surface area contributed by atoms with E-state index in [-0.39, 0.29) is 18.0 Å². The van der Waals surface area contributed by atoms with Crippen LogP contribution in [0.2, 0.25) is 0 Å². The van der Waals surface area contributed by atoms with Gasteiger partial charge in [0.2, 0.25) is 0 Å². The molecule has 1 aromatic rings. The summed E-state index contributed by atoms with van der Waals surface area (Å²) < 4.78 is 10.4. The van der Waals surface area contributed by atoms with Crippen LogP contribution in [0.25, 0.3) is 0 Å². The summed E-state index contributed by atoms with van der Waals surface area (Å²) >= 11 is 0. The molecule has 0 aliphatic carbocycles. The maximum Gasteiger partial charge on any atom is 0.160 e. The van der Waals surface area contributed by atoms with Crippen molar-refractivity contribution < 1.29 is 19.7 Å². The molecular formula is C14H20O4. The van der Waals surface area contributed by atoms with Gasteiger partial charge in [-0.05, 0) is 37.0 Å². The van der Waals surface area contributed by atoms with Gasteiger partial charge >= 0.3 is 0 Å². The number of ether oxygens (including phenoxy) is 2. The topological polar surface area (TPSA) is 62.2 Å². The van der Waals surface area contributed by atoms with Crippen LogP contribution in [0.3, 0.4) is 0 Å². The second-order valence-electron chi connectivity index (χ2n) is 4.66. The van der Waals surface area contributed by atoms with E-state index in [1.165, 1.54) is 7.11 Å². The molecule has 0 bridgehead atoms. The lowest BCUT2D eigenvalue weighted by Crippen LogP contribution is -2.17. The molecule has 4 heteroatoms. The fourth-order valence-electron chi connectivity index (χ4n) is 2.18. The number of aliphatic hydroxyl groups is 1. The molecule has 4 nitrogen and oxygen atoms in total. The van der Waals surface area contributed by atoms with Crippen LogP contribution in [-0.2, 0) is 11.2 Å². The SMILES string of the molecule is CCC1OC1C(O)CCc1ccc(O)c(OC)c1. The maximum absolute atomic E-state index is 9.93. The number of methoxy groups -OCH3 is 1. The summed E-state index contributed by atoms with van der Waals surface area (Å²) in [6.45, 7) is 2.06. The van der Waals surface area contributed by atoms with Crippen molar-refractivity contribution in [2.45, 2.75) is 44.5 Å². The molecule has 1 aromatic carbocycles. The van der Waals surface area contributed by atoms with Crippen molar-refractivity contribution >= 4 is 0 Å². The third-order valence-corrected chi connectivity index (χ3v) is 3.38. The van der Waals surface area contributed by atoms with Gasteiger partial charge in [0.25, 0.3) is 0 Å². The summed E-state index contributed by atoms with van der Waals surface area (Å²) in [4.78, 5) is 0. The predicted octanol–water partition coefficient (Wildman–Crippen LogP) is 1.87. The van der Waals surface area contributed by atoms with E-state index in [1.807, 2.05) is 6.07 Å². The number of epoxide rings is 1. The van der Waals surface area contributed by atoms with Gasteiger partial charge in [-0.15, -0.1) is 0 Å². The molecule has 0 aromatic heterocycles. The zero-order valence-electron chi connectivity index (χ0n) is 10.8. The van der Waals surface area contributed by atoms with Crippen molar-refractivity contribution in [3.8, 4) is 11.5 Å². The highest BCUT2D eigenvalue weighted by atomic mass is 16.6. The Balaban J connectivity index is 1.86. The van der Waals surface area contributed by atoms with Crippen molar-refractivity contribution in [2.24, 2.45) is 0 Å². The molecule has 1 heterocycles. The average Bonchev–Trinajstić information content (AvgIpc) is 3.17. The molecule has 0 saturated carbocycles. The number of benzene rings is 1. The highest BCUT2D eigenvalue weighted by Crippen LogP contribution is 2.31. The Bertz CT molecular complexity index is 405. The van der Waals surface area contributed by atoms with E-state index >= 15 is 0 Å². The van der Waals surface area contributed by atoms with E-state index in [0.29, 0.717) is 12.2 Å². The molecule has 2 N–H and O–H groups in total. The first-order valence-electron chi connectivity index (χ1n) is 6.35. The van der Waals surface area contributed by atoms with Crippen LogP contribution < -0.4 is 4.74 Å². The van der Waals surface area contributed by atoms with Crippen molar-refractivity contribution in [3.63, 3.8) is 0 Å². The van der Waals surface area contributed by atoms with E-state index in [2.05, 4.69) is 6.92 Å². The van der Waals surface area contributed by atoms with Crippen LogP contribution in [0, 0.1) is 0 Å². The van der Waals surface area contributed by atoms with E-state index in [0.717, 1.165) is 18.4 Å². The van der Waals surface area contributed by atoms with Crippen LogP contribution in [-0.4, -0.2) is 35.6 Å². The van der Waals surface area contributed by atoms with Gasteiger partial charge in [0.15, 0.2) is 11.5 Å². The second-order valence-corrected chi connectivity index (χ2v) is 4.66. The number of aryl methyl sites for hydroxylation is 1. The third-order valence-electron chi connectivity index (χ3n) is 3.38. The average molecular weight is 252 g/mol. The zero-order valence-corrected chi connectivity index (χ0v) is 10.8. The molecule has 18 heavy (non-hydrogen) atoms. The fraction of sp³-hybridized carbons (Fsp3) is 0.571. The first-order valence-corrected chi connectivity index (χ1v) is 6.35. The maximum atomic E-state index is 9.93. The zero-order chi connectivity index (χ0) is 13.1. The lowest BCUT2D eigenvalue weighted by molar-refractivity contribution is 0.127. The molecule has 3 atom stereocenters. The fourth-order valence-corrected chi connectivity index (χ4v) is 2.18. The number of hydrogen-bond acceptors (Lipinski definition) is 4. The van der Waals surface area contributed by atoms with Crippen LogP contribution in [0.5, 0.6) is 11.5 Å². The molecule has 1 saturated heterocycles. The minimum atomic E-state index is -0.408. The minimum absolute atomic E-state index is 0.00834. The molecule has 1 aliphatic heterocycles. The van der Waals surface area contributed by atoms with Crippen molar-refractivity contribution in [1.82, 2.24) is 0 Å². The van der Waals surface area contributed by atoms with Gasteiger partial charge in [-0.2, -0.15) is 0 Å². The molecule has 0 radical (unpaired) electrons. The summed E-state index contributed by atoms with van der Waals surface area (Å²) in [5, 5.41) is 19.4. The Kier molecular flexibility index (Phi) is 4.09. The Morgan fingerprint density at radius 3 is 2.83 bits per heavy atom. The number of phenols is 1. The number of hydrogen-bond donors (Lipinski definition) is 2. The van der Waals surface area contributed by atoms with Gasteiger partial charge in [-0.25, -0.2) is 0 Å². The molecule has 1 aliphatic rings. The highest BCUT2D eigenvalue weighted by molar-refractivity contribution is 5.41. The summed E-state index contributed by atoms with van der Waals surface area (Å²) in [6, 6.07) is 5.26. The largest absolute Gasteiger partial charge is 0.504 e. The summed E-state index contributed by atoms with van der Waals surface area (Å²) in [6.07, 6.45) is 2.19. The number of aromatic hydroxyl groups is 1. The smallest absolute Gasteiger partial charge is 0.160 e. The van der Waals surface area contributed by atoms with Crippen molar-refractivity contribution in [2.75, 3.05) is 7.11 Å². The van der Waals surface area contributed by atoms with Crippen LogP contribution in [0.4, 0.5) is 0 Å². The predicted molar refractivity (Wildman–Crippen MR) is 67.9 cm³/mol. The van der Waals surface area contributed by atoms with Crippen molar-refractivity contribution in [1.29, 1.82) is 0 Å². The van der Waals surface area contributed by atoms with Crippen LogP contribution in [0.15, 0.2) is 18.2 Å². The molecule has 100 valence electrons. The normalized spacial score (nSPS) is 23.7. The Morgan fingerprint density at radius 2 is 2.22 bits per heavy atom. The molecule has 0 spiro atoms. The first kappa shape index (κ1) is 13.2. The quantitative estimate of drug-likeness (QED) is 0.759. The van der Waals surface area contributed by atoms with Gasteiger partial charge < -0.3 is 19.7 Å². The Hall–Kier alpha value is -1.26. The van der Waals surface area contributed by atoms with Gasteiger partial charge in [-0.3, -0.25) is 0 Å². The minimum Gasteiger partial charge on any atom is -0.504 e. The summed E-state index contributed by atoms with van der Waals surface area (Å²) in [7, 11) is 1.53. The van der Waals surface area contributed by atoms with E-state index < -0.39 is 6.10 Å². The molecule has 0 amide bonds. The molecule has 2 rings (SSSR count). The summed E-state index contributed by atoms with van der Waals surface area (Å²) in [5.74, 6) is 0.606. The van der Waals surface area contributed by atoms with Crippen LogP contribution >= 0.6 is 0 Å². The number of aliphatic hydroxyl groups excluding tert-OH is 1. The Morgan fingerprint density at radius 1 is 1.44 bits per heavy atom. The monoisotopic (exact) mass is 252 g/mol. The van der Waals surface area contributed by atoms with E-state index in [9.17, 15) is 10.2 Å². The van der Waals surface area contributed by atoms with E-state index in [1.54, 1.807) is 12.1 Å². The van der Waals surface area contributed by atoms with Crippen molar-refractivity contribution in [3.05, 3.63) is 23.8 Å². The van der Waals surface area contributed by atoms with Crippen LogP contribution in [0.1, 0.15) is 25.3 Å². The number of phenolic OH excluding ortho intramolecular Hbond substituents is 1. The van der Waals surface area contributed by atoms with Gasteiger partial charge in [0, 0.05) is 0 Å². The lowest BCUT2D eigenvalue weighted by Gasteiger charge is -2.09. The molecule has 1 fully saturated rings. The highest BCUT2D eigenvalue weighted by Gasteiger charge is 2.42. The van der Waals surface area contributed by atoms with E-state index in [4.69, 9.17) is 9.47 Å². The standard InChI is InChI=1S/C14H20O4/c1-3-12-14(18-12)11(16)7-5-9-4-6-10(15)13(8-9)17-2/h4,6,8,11-12,14-16H,3,5,7H2,1-2H3. The lowest BCUT2D eigenvalue weighted by atomic mass is 10.0.